The highest BCUT2D eigenvalue weighted by atomic mass is 35.5. The van der Waals surface area contributed by atoms with Crippen molar-refractivity contribution in [2.45, 2.75) is 25.4 Å². The molecular weight excluding hydrogens is 282 g/mol. The number of aromatic nitrogens is 2. The molecule has 0 aliphatic carbocycles. The molecule has 0 amide bonds. The first-order valence-corrected chi connectivity index (χ1v) is 8.00. The van der Waals surface area contributed by atoms with Crippen molar-refractivity contribution in [2.24, 2.45) is 12.9 Å². The molecule has 0 saturated carbocycles. The summed E-state index contributed by atoms with van der Waals surface area (Å²) in [7, 11) is 4.03. The van der Waals surface area contributed by atoms with Crippen molar-refractivity contribution in [3.8, 4) is 0 Å². The summed E-state index contributed by atoms with van der Waals surface area (Å²) >= 11 is 8.29. The lowest BCUT2D eigenvalue weighted by Crippen LogP contribution is -2.55. The van der Waals surface area contributed by atoms with Gasteiger partial charge in [0.25, 0.3) is 0 Å². The summed E-state index contributed by atoms with van der Waals surface area (Å²) in [5, 5.41) is 5.07. The van der Waals surface area contributed by atoms with Crippen molar-refractivity contribution in [3.63, 3.8) is 0 Å². The lowest BCUT2D eigenvalue weighted by Gasteiger charge is -2.37. The Bertz CT molecular complexity index is 436. The van der Waals surface area contributed by atoms with E-state index in [1.54, 1.807) is 4.68 Å². The van der Waals surface area contributed by atoms with Crippen molar-refractivity contribution >= 4 is 23.4 Å². The Balaban J connectivity index is 2.14. The number of aryl methyl sites for hydroxylation is 2. The van der Waals surface area contributed by atoms with E-state index in [9.17, 15) is 0 Å². The Morgan fingerprint density at radius 3 is 2.84 bits per heavy atom. The van der Waals surface area contributed by atoms with Crippen LogP contribution in [0.25, 0.3) is 0 Å². The zero-order chi connectivity index (χ0) is 14.0. The summed E-state index contributed by atoms with van der Waals surface area (Å²) in [5.41, 5.74) is 5.04. The van der Waals surface area contributed by atoms with Gasteiger partial charge in [0.1, 0.15) is 5.15 Å². The summed E-state index contributed by atoms with van der Waals surface area (Å²) in [6.07, 6.45) is 0.810. The Kier molecular flexibility index (Phi) is 5.14. The van der Waals surface area contributed by atoms with E-state index in [2.05, 4.69) is 22.5 Å². The highest BCUT2D eigenvalue weighted by Crippen LogP contribution is 2.24. The number of hydrogen-bond acceptors (Lipinski definition) is 5. The van der Waals surface area contributed by atoms with Crippen molar-refractivity contribution < 1.29 is 0 Å². The maximum absolute atomic E-state index is 6.30. The lowest BCUT2D eigenvalue weighted by atomic mass is 10.0. The molecular formula is C12H22ClN5S. The molecule has 1 aromatic heterocycles. The molecule has 0 bridgehead atoms. The Morgan fingerprint density at radius 1 is 1.58 bits per heavy atom. The fourth-order valence-corrected chi connectivity index (χ4v) is 4.12. The van der Waals surface area contributed by atoms with Gasteiger partial charge in [0.15, 0.2) is 0 Å². The number of nitrogens with one attached hydrogen (secondary N) is 1. The highest BCUT2D eigenvalue weighted by molar-refractivity contribution is 7.99. The van der Waals surface area contributed by atoms with E-state index in [0.29, 0.717) is 11.2 Å². The molecule has 1 saturated heterocycles. The molecule has 19 heavy (non-hydrogen) atoms. The van der Waals surface area contributed by atoms with Crippen LogP contribution in [-0.4, -0.2) is 51.9 Å². The van der Waals surface area contributed by atoms with Gasteiger partial charge < -0.3 is 4.90 Å². The molecule has 2 heterocycles. The zero-order valence-corrected chi connectivity index (χ0v) is 13.3. The molecule has 0 radical (unpaired) electrons. The molecule has 1 aliphatic heterocycles. The number of rotatable bonds is 4. The quantitative estimate of drug-likeness (QED) is 0.636. The van der Waals surface area contributed by atoms with Crippen LogP contribution < -0.4 is 11.3 Å². The fourth-order valence-electron chi connectivity index (χ4n) is 2.56. The Morgan fingerprint density at radius 2 is 2.32 bits per heavy atom. The second-order valence-corrected chi connectivity index (χ2v) is 6.59. The number of hydrazine groups is 1. The Labute approximate surface area is 123 Å². The maximum atomic E-state index is 6.30. The molecule has 1 fully saturated rings. The van der Waals surface area contributed by atoms with Gasteiger partial charge in [0.2, 0.25) is 0 Å². The SMILES string of the molecule is Cc1nn(C)c(Cl)c1CC(NN)C1CSCCN1C. The summed E-state index contributed by atoms with van der Waals surface area (Å²) < 4.78 is 1.72. The van der Waals surface area contributed by atoms with E-state index < -0.39 is 0 Å². The number of nitrogens with zero attached hydrogens (tertiary/aromatic N) is 3. The van der Waals surface area contributed by atoms with Gasteiger partial charge in [0.05, 0.1) is 5.69 Å². The van der Waals surface area contributed by atoms with Gasteiger partial charge in [-0.1, -0.05) is 11.6 Å². The van der Waals surface area contributed by atoms with Crippen LogP contribution in [0.15, 0.2) is 0 Å². The standard InChI is InChI=1S/C12H22ClN5S/c1-8-9(12(13)18(3)16-8)6-10(15-14)11-7-19-5-4-17(11)2/h10-11,15H,4-7,14H2,1-3H3. The highest BCUT2D eigenvalue weighted by Gasteiger charge is 2.29. The van der Waals surface area contributed by atoms with Crippen LogP contribution in [0, 0.1) is 6.92 Å². The summed E-state index contributed by atoms with van der Waals surface area (Å²) in [6.45, 7) is 3.10. The first kappa shape index (κ1) is 15.1. The van der Waals surface area contributed by atoms with Crippen LogP contribution in [0.4, 0.5) is 0 Å². The molecule has 2 rings (SSSR count). The van der Waals surface area contributed by atoms with Crippen molar-refractivity contribution in [3.05, 3.63) is 16.4 Å². The topological polar surface area (TPSA) is 59.1 Å². The van der Waals surface area contributed by atoms with Crippen LogP contribution in [0.3, 0.4) is 0 Å². The van der Waals surface area contributed by atoms with Gasteiger partial charge in [0, 0.05) is 42.7 Å². The minimum atomic E-state index is 0.193. The second-order valence-electron chi connectivity index (χ2n) is 5.08. The number of likely N-dealkylation sites (N-methyl/N-ethyl adjacent to an activating group) is 1. The second kappa shape index (κ2) is 6.45. The third-order valence-corrected chi connectivity index (χ3v) is 5.34. The number of nitrogens with two attached hydrogens (primary N) is 1. The molecule has 2 atom stereocenters. The number of hydrogen-bond donors (Lipinski definition) is 2. The minimum Gasteiger partial charge on any atom is -0.300 e. The van der Waals surface area contributed by atoms with Gasteiger partial charge >= 0.3 is 0 Å². The van der Waals surface area contributed by atoms with E-state index in [-0.39, 0.29) is 6.04 Å². The van der Waals surface area contributed by atoms with Crippen LogP contribution in [-0.2, 0) is 13.5 Å². The van der Waals surface area contributed by atoms with Gasteiger partial charge in [-0.25, -0.2) is 0 Å². The van der Waals surface area contributed by atoms with E-state index in [0.717, 1.165) is 30.0 Å². The average Bonchev–Trinajstić information content (AvgIpc) is 2.63. The molecule has 3 N–H and O–H groups in total. The molecule has 5 nitrogen and oxygen atoms in total. The monoisotopic (exact) mass is 303 g/mol. The van der Waals surface area contributed by atoms with Gasteiger partial charge in [-0.15, -0.1) is 0 Å². The molecule has 1 aromatic rings. The minimum absolute atomic E-state index is 0.193. The maximum Gasteiger partial charge on any atom is 0.130 e. The zero-order valence-electron chi connectivity index (χ0n) is 11.7. The smallest absolute Gasteiger partial charge is 0.130 e. The van der Waals surface area contributed by atoms with Crippen LogP contribution in [0.1, 0.15) is 11.3 Å². The largest absolute Gasteiger partial charge is 0.300 e. The van der Waals surface area contributed by atoms with Crippen molar-refractivity contribution in [1.82, 2.24) is 20.1 Å². The molecule has 1 aliphatic rings. The van der Waals surface area contributed by atoms with E-state index in [1.807, 2.05) is 25.7 Å². The van der Waals surface area contributed by atoms with E-state index in [4.69, 9.17) is 17.4 Å². The number of thioether (sulfide) groups is 1. The summed E-state index contributed by atoms with van der Waals surface area (Å²) in [6, 6.07) is 0.623. The van der Waals surface area contributed by atoms with Gasteiger partial charge in [-0.05, 0) is 20.4 Å². The predicted octanol–water partition coefficient (Wildman–Crippen LogP) is 0.804. The normalized spacial score (nSPS) is 22.7. The molecule has 0 spiro atoms. The first-order valence-electron chi connectivity index (χ1n) is 6.46. The third-order valence-electron chi connectivity index (χ3n) is 3.82. The predicted molar refractivity (Wildman–Crippen MR) is 81.5 cm³/mol. The van der Waals surface area contributed by atoms with Crippen LogP contribution >= 0.6 is 23.4 Å². The van der Waals surface area contributed by atoms with Gasteiger partial charge in [-0.2, -0.15) is 16.9 Å². The molecule has 108 valence electrons. The summed E-state index contributed by atoms with van der Waals surface area (Å²) in [5.74, 6) is 8.06. The fraction of sp³-hybridized carbons (Fsp3) is 0.750. The van der Waals surface area contributed by atoms with E-state index >= 15 is 0 Å². The van der Waals surface area contributed by atoms with Crippen LogP contribution in [0.2, 0.25) is 5.15 Å². The molecule has 0 aromatic carbocycles. The van der Waals surface area contributed by atoms with Crippen LogP contribution in [0.5, 0.6) is 0 Å². The average molecular weight is 304 g/mol. The molecule has 7 heteroatoms. The summed E-state index contributed by atoms with van der Waals surface area (Å²) in [4.78, 5) is 2.38. The Hall–Kier alpha value is -0.270. The van der Waals surface area contributed by atoms with Gasteiger partial charge in [-0.3, -0.25) is 16.0 Å². The third kappa shape index (κ3) is 3.25. The van der Waals surface area contributed by atoms with E-state index in [1.165, 1.54) is 5.75 Å². The lowest BCUT2D eigenvalue weighted by molar-refractivity contribution is 0.214. The van der Waals surface area contributed by atoms with Crippen molar-refractivity contribution in [1.29, 1.82) is 0 Å². The van der Waals surface area contributed by atoms with Crippen molar-refractivity contribution in [2.75, 3.05) is 25.1 Å². The first-order chi connectivity index (χ1) is 9.04. The number of halogens is 1. The molecule has 2 unspecified atom stereocenters.